The number of carboxylic acids is 1. The molecule has 0 aliphatic carbocycles. The number of aromatic nitrogens is 1. The number of rotatable bonds is 7. The van der Waals surface area contributed by atoms with E-state index in [1.807, 2.05) is 0 Å². The number of ether oxygens (including phenoxy) is 2. The van der Waals surface area contributed by atoms with Crippen LogP contribution in [0, 0.1) is 0 Å². The van der Waals surface area contributed by atoms with Crippen LogP contribution in [0.1, 0.15) is 12.1 Å². The molecule has 15 heteroatoms. The Bertz CT molecular complexity index is 991. The second kappa shape index (κ2) is 9.66. The number of thiazole rings is 1. The van der Waals surface area contributed by atoms with E-state index in [4.69, 9.17) is 15.2 Å². The molecule has 5 N–H and O–H groups in total. The van der Waals surface area contributed by atoms with Crippen LogP contribution in [0.25, 0.3) is 0 Å². The van der Waals surface area contributed by atoms with Gasteiger partial charge in [-0.05, 0) is 6.42 Å². The first-order valence-electron chi connectivity index (χ1n) is 9.38. The van der Waals surface area contributed by atoms with Gasteiger partial charge in [-0.1, -0.05) is 5.16 Å². The molecule has 3 aliphatic heterocycles. The quantitative estimate of drug-likeness (QED) is 0.172. The summed E-state index contributed by atoms with van der Waals surface area (Å²) in [6.07, 6.45) is 0.670. The number of nitrogen functional groups attached to an aromatic ring is 1. The van der Waals surface area contributed by atoms with Crippen molar-refractivity contribution in [2.24, 2.45) is 5.16 Å². The van der Waals surface area contributed by atoms with Crippen molar-refractivity contribution in [3.05, 3.63) is 21.7 Å². The molecular weight excluding hydrogens is 482 g/mol. The number of fused-ring (bicyclic) bond motifs is 1. The van der Waals surface area contributed by atoms with Gasteiger partial charge < -0.3 is 30.8 Å². The summed E-state index contributed by atoms with van der Waals surface area (Å²) in [6, 6.07) is -0.958. The van der Waals surface area contributed by atoms with Gasteiger partial charge in [0.05, 0.1) is 12.7 Å². The Morgan fingerprint density at radius 1 is 1.47 bits per heavy atom. The summed E-state index contributed by atoms with van der Waals surface area (Å²) in [7, 11) is 0. The SMILES string of the molecule is Nc1nc(/C(=N/O)C(=O)NC2C(=O)N3C(C(=O)O)=C(SCC4CCOCO4)CS[C@H]23)cs1. The molecule has 4 heterocycles. The standard InChI is InChI=1S/C17H19N5O7S3/c18-17-19-8(4-32-17)10(21-27)13(23)20-11-14(24)22-12(16(25)26)9(5-31-15(11)22)30-3-7-1-2-28-6-29-7/h4,7,11,15,27H,1-3,5-6H2,(H2,18,19)(H,20,23)(H,25,26)/b21-10-/t7?,11?,15-/m1/s1. The van der Waals surface area contributed by atoms with E-state index in [2.05, 4.69) is 15.5 Å². The number of oxime groups is 1. The van der Waals surface area contributed by atoms with Crippen molar-refractivity contribution in [2.75, 3.05) is 30.6 Å². The van der Waals surface area contributed by atoms with Crippen LogP contribution in [0.4, 0.5) is 5.13 Å². The Hall–Kier alpha value is -2.33. The van der Waals surface area contributed by atoms with E-state index >= 15 is 0 Å². The Morgan fingerprint density at radius 2 is 2.28 bits per heavy atom. The lowest BCUT2D eigenvalue weighted by Gasteiger charge is -2.49. The third-order valence-electron chi connectivity index (χ3n) is 4.92. The van der Waals surface area contributed by atoms with Crippen molar-refractivity contribution in [3.63, 3.8) is 0 Å². The molecule has 3 aliphatic rings. The fourth-order valence-electron chi connectivity index (χ4n) is 3.35. The molecule has 172 valence electrons. The van der Waals surface area contributed by atoms with Crippen molar-refractivity contribution in [3.8, 4) is 0 Å². The van der Waals surface area contributed by atoms with Crippen LogP contribution >= 0.6 is 34.9 Å². The van der Waals surface area contributed by atoms with Gasteiger partial charge in [-0.25, -0.2) is 9.78 Å². The normalized spacial score (nSPS) is 25.9. The highest BCUT2D eigenvalue weighted by Gasteiger charge is 2.54. The molecule has 4 rings (SSSR count). The zero-order chi connectivity index (χ0) is 22.8. The first kappa shape index (κ1) is 22.8. The average Bonchev–Trinajstić information content (AvgIpc) is 3.22. The number of aliphatic carboxylic acids is 1. The second-order valence-electron chi connectivity index (χ2n) is 6.87. The van der Waals surface area contributed by atoms with Gasteiger partial charge in [0.25, 0.3) is 11.8 Å². The van der Waals surface area contributed by atoms with E-state index in [0.29, 0.717) is 29.4 Å². The number of nitrogens with zero attached hydrogens (tertiary/aromatic N) is 3. The molecule has 12 nitrogen and oxygen atoms in total. The maximum absolute atomic E-state index is 12.8. The predicted octanol–water partition coefficient (Wildman–Crippen LogP) is 0.0959. The maximum atomic E-state index is 12.8. The number of amides is 2. The molecular formula is C17H19N5O7S3. The fraction of sp³-hybridized carbons (Fsp3) is 0.471. The number of carboxylic acid groups (broad SMARTS) is 1. The Balaban J connectivity index is 1.44. The molecule has 0 saturated carbocycles. The number of hydrogen-bond donors (Lipinski definition) is 4. The van der Waals surface area contributed by atoms with E-state index in [0.717, 1.165) is 11.3 Å². The third kappa shape index (κ3) is 4.43. The van der Waals surface area contributed by atoms with Crippen LogP contribution in [-0.2, 0) is 23.9 Å². The molecule has 0 bridgehead atoms. The highest BCUT2D eigenvalue weighted by Crippen LogP contribution is 2.43. The molecule has 2 amide bonds. The summed E-state index contributed by atoms with van der Waals surface area (Å²) in [5, 5.41) is 25.5. The number of hydrogen-bond acceptors (Lipinski definition) is 12. The van der Waals surface area contributed by atoms with Crippen molar-refractivity contribution in [1.82, 2.24) is 15.2 Å². The van der Waals surface area contributed by atoms with Crippen molar-refractivity contribution < 1.29 is 34.2 Å². The zero-order valence-corrected chi connectivity index (χ0v) is 18.9. The van der Waals surface area contributed by atoms with Gasteiger partial charge >= 0.3 is 5.97 Å². The maximum Gasteiger partial charge on any atom is 0.353 e. The Morgan fingerprint density at radius 3 is 2.91 bits per heavy atom. The molecule has 0 radical (unpaired) electrons. The van der Waals surface area contributed by atoms with Crippen LogP contribution in [0.15, 0.2) is 21.1 Å². The van der Waals surface area contributed by atoms with Gasteiger partial charge in [-0.2, -0.15) is 0 Å². The summed E-state index contributed by atoms with van der Waals surface area (Å²) >= 11 is 3.77. The van der Waals surface area contributed by atoms with Crippen molar-refractivity contribution >= 4 is 63.5 Å². The lowest BCUT2D eigenvalue weighted by Crippen LogP contribution is -2.71. The zero-order valence-electron chi connectivity index (χ0n) is 16.4. The third-order valence-corrected chi connectivity index (χ3v) is 8.28. The van der Waals surface area contributed by atoms with E-state index in [1.54, 1.807) is 0 Å². The van der Waals surface area contributed by atoms with Gasteiger partial charge in [0, 0.05) is 21.8 Å². The van der Waals surface area contributed by atoms with Crippen LogP contribution in [0.5, 0.6) is 0 Å². The van der Waals surface area contributed by atoms with Crippen LogP contribution < -0.4 is 11.1 Å². The monoisotopic (exact) mass is 501 g/mol. The summed E-state index contributed by atoms with van der Waals surface area (Å²) in [5.41, 5.74) is 5.16. The molecule has 3 atom stereocenters. The number of thioether (sulfide) groups is 2. The number of β-lactam (4-membered cyclic amide) rings is 1. The van der Waals surface area contributed by atoms with E-state index < -0.39 is 29.2 Å². The first-order valence-corrected chi connectivity index (χ1v) is 12.3. The van der Waals surface area contributed by atoms with Gasteiger partial charge in [0.2, 0.25) is 0 Å². The molecule has 1 aromatic rings. The minimum atomic E-state index is -1.21. The summed E-state index contributed by atoms with van der Waals surface area (Å²) in [5.74, 6) is -1.65. The topological polar surface area (TPSA) is 177 Å². The van der Waals surface area contributed by atoms with E-state index in [9.17, 15) is 24.7 Å². The first-order chi connectivity index (χ1) is 15.4. The Kier molecular flexibility index (Phi) is 6.90. The molecule has 2 fully saturated rings. The summed E-state index contributed by atoms with van der Waals surface area (Å²) in [4.78, 5) is 42.9. The van der Waals surface area contributed by atoms with Gasteiger partial charge in [0.15, 0.2) is 10.8 Å². The highest BCUT2D eigenvalue weighted by atomic mass is 32.2. The molecule has 32 heavy (non-hydrogen) atoms. The van der Waals surface area contributed by atoms with Crippen LogP contribution in [0.3, 0.4) is 0 Å². The van der Waals surface area contributed by atoms with E-state index in [-0.39, 0.29) is 35.1 Å². The lowest BCUT2D eigenvalue weighted by molar-refractivity contribution is -0.150. The number of anilines is 1. The molecule has 2 unspecified atom stereocenters. The summed E-state index contributed by atoms with van der Waals surface area (Å²) < 4.78 is 10.6. The minimum Gasteiger partial charge on any atom is -0.477 e. The molecule has 2 saturated heterocycles. The van der Waals surface area contributed by atoms with Gasteiger partial charge in [-0.3, -0.25) is 14.5 Å². The van der Waals surface area contributed by atoms with E-state index in [1.165, 1.54) is 33.8 Å². The number of carbonyl (C=O) groups excluding carboxylic acids is 2. The number of carbonyl (C=O) groups is 3. The average molecular weight is 502 g/mol. The van der Waals surface area contributed by atoms with Gasteiger partial charge in [0.1, 0.15) is 29.6 Å². The van der Waals surface area contributed by atoms with Crippen molar-refractivity contribution in [1.29, 1.82) is 0 Å². The predicted molar refractivity (Wildman–Crippen MR) is 117 cm³/mol. The minimum absolute atomic E-state index is 0.0471. The van der Waals surface area contributed by atoms with Gasteiger partial charge in [-0.15, -0.1) is 34.9 Å². The fourth-order valence-corrected chi connectivity index (χ4v) is 6.60. The number of nitrogens with two attached hydrogens (primary N) is 1. The lowest BCUT2D eigenvalue weighted by atomic mass is 10.0. The smallest absolute Gasteiger partial charge is 0.353 e. The second-order valence-corrected chi connectivity index (χ2v) is 9.98. The molecule has 1 aromatic heterocycles. The van der Waals surface area contributed by atoms with Crippen LogP contribution in [0.2, 0.25) is 0 Å². The van der Waals surface area contributed by atoms with Crippen molar-refractivity contribution in [2.45, 2.75) is 23.9 Å². The molecule has 0 aromatic carbocycles. The van der Waals surface area contributed by atoms with Crippen LogP contribution in [-0.4, -0.2) is 86.1 Å². The highest BCUT2D eigenvalue weighted by molar-refractivity contribution is 8.06. The summed E-state index contributed by atoms with van der Waals surface area (Å²) in [6.45, 7) is 0.803. The number of nitrogens with one attached hydrogen (secondary N) is 1. The molecule has 0 spiro atoms. The Labute approximate surface area is 194 Å². The largest absolute Gasteiger partial charge is 0.477 e.